The van der Waals surface area contributed by atoms with Crippen LogP contribution in [0.1, 0.15) is 24.9 Å². The highest BCUT2D eigenvalue weighted by Crippen LogP contribution is 2.28. The van der Waals surface area contributed by atoms with Crippen LogP contribution >= 0.6 is 0 Å². The van der Waals surface area contributed by atoms with Gasteiger partial charge in [0.05, 0.1) is 6.26 Å². The Bertz CT molecular complexity index is 462. The third-order valence-electron chi connectivity index (χ3n) is 2.84. The van der Waals surface area contributed by atoms with Crippen molar-refractivity contribution in [2.75, 3.05) is 7.05 Å². The first-order valence-electron chi connectivity index (χ1n) is 5.61. The van der Waals surface area contributed by atoms with E-state index in [1.807, 2.05) is 38.4 Å². The maximum Gasteiger partial charge on any atom is 0.134 e. The van der Waals surface area contributed by atoms with E-state index in [-0.39, 0.29) is 12.1 Å². The Balaban J connectivity index is 2.37. The Morgan fingerprint density at radius 1 is 1.38 bits per heavy atom. The molecule has 0 saturated carbocycles. The summed E-state index contributed by atoms with van der Waals surface area (Å²) in [4.78, 5) is 0. The van der Waals surface area contributed by atoms with Crippen molar-refractivity contribution < 1.29 is 4.42 Å². The quantitative estimate of drug-likeness (QED) is 0.828. The molecule has 16 heavy (non-hydrogen) atoms. The lowest BCUT2D eigenvalue weighted by molar-refractivity contribution is 0.493. The summed E-state index contributed by atoms with van der Waals surface area (Å²) in [5, 5.41) is 4.46. The normalized spacial score (nSPS) is 15.2. The number of hydrogen-bond donors (Lipinski definition) is 2. The summed E-state index contributed by atoms with van der Waals surface area (Å²) in [7, 11) is 1.95. The monoisotopic (exact) mass is 218 g/mol. The van der Waals surface area contributed by atoms with Crippen LogP contribution in [-0.2, 0) is 0 Å². The van der Waals surface area contributed by atoms with Crippen LogP contribution in [0.4, 0.5) is 0 Å². The Labute approximate surface area is 95.6 Å². The van der Waals surface area contributed by atoms with E-state index >= 15 is 0 Å². The molecule has 3 heteroatoms. The number of rotatable bonds is 4. The van der Waals surface area contributed by atoms with Gasteiger partial charge in [0.25, 0.3) is 0 Å². The van der Waals surface area contributed by atoms with Gasteiger partial charge in [-0.2, -0.15) is 0 Å². The summed E-state index contributed by atoms with van der Waals surface area (Å²) in [6.45, 7) is 2.02. The van der Waals surface area contributed by atoms with Crippen molar-refractivity contribution in [3.8, 4) is 0 Å². The minimum absolute atomic E-state index is 0.172. The van der Waals surface area contributed by atoms with Gasteiger partial charge < -0.3 is 15.5 Å². The van der Waals surface area contributed by atoms with Gasteiger partial charge in [-0.1, -0.05) is 18.2 Å². The van der Waals surface area contributed by atoms with Crippen LogP contribution in [0, 0.1) is 0 Å². The van der Waals surface area contributed by atoms with Gasteiger partial charge >= 0.3 is 0 Å². The molecule has 0 spiro atoms. The van der Waals surface area contributed by atoms with Crippen LogP contribution in [-0.4, -0.2) is 13.1 Å². The first-order valence-corrected chi connectivity index (χ1v) is 5.61. The molecule has 0 fully saturated rings. The maximum absolute atomic E-state index is 5.85. The summed E-state index contributed by atoms with van der Waals surface area (Å²) in [6.07, 6.45) is 2.73. The number of hydrogen-bond acceptors (Lipinski definition) is 3. The second kappa shape index (κ2) is 4.68. The van der Waals surface area contributed by atoms with Crippen molar-refractivity contribution in [1.29, 1.82) is 0 Å². The second-order valence-corrected chi connectivity index (χ2v) is 4.24. The fourth-order valence-corrected chi connectivity index (χ4v) is 2.04. The highest BCUT2D eigenvalue weighted by atomic mass is 16.3. The zero-order valence-corrected chi connectivity index (χ0v) is 9.73. The Morgan fingerprint density at radius 3 is 2.81 bits per heavy atom. The van der Waals surface area contributed by atoms with Crippen molar-refractivity contribution >= 4 is 11.0 Å². The fourth-order valence-electron chi connectivity index (χ4n) is 2.04. The van der Waals surface area contributed by atoms with Crippen molar-refractivity contribution in [2.24, 2.45) is 5.73 Å². The predicted molar refractivity (Wildman–Crippen MR) is 66.3 cm³/mol. The van der Waals surface area contributed by atoms with Gasteiger partial charge in [-0.05, 0) is 26.5 Å². The molecule has 3 nitrogen and oxygen atoms in total. The van der Waals surface area contributed by atoms with Gasteiger partial charge in [0, 0.05) is 23.0 Å². The van der Waals surface area contributed by atoms with E-state index in [1.165, 1.54) is 10.9 Å². The van der Waals surface area contributed by atoms with Crippen LogP contribution in [0.2, 0.25) is 0 Å². The number of benzene rings is 1. The number of furan rings is 1. The largest absolute Gasteiger partial charge is 0.464 e. The van der Waals surface area contributed by atoms with Crippen molar-refractivity contribution in [2.45, 2.75) is 25.4 Å². The molecule has 2 rings (SSSR count). The molecular weight excluding hydrogens is 200 g/mol. The zero-order chi connectivity index (χ0) is 11.5. The Kier molecular flexibility index (Phi) is 3.27. The van der Waals surface area contributed by atoms with Crippen LogP contribution in [0.5, 0.6) is 0 Å². The van der Waals surface area contributed by atoms with Crippen molar-refractivity contribution in [1.82, 2.24) is 5.32 Å². The summed E-state index contributed by atoms with van der Waals surface area (Å²) < 4.78 is 5.53. The van der Waals surface area contributed by atoms with Gasteiger partial charge in [-0.15, -0.1) is 0 Å². The predicted octanol–water partition coefficient (Wildman–Crippen LogP) is 2.43. The highest BCUT2D eigenvalue weighted by molar-refractivity contribution is 5.81. The van der Waals surface area contributed by atoms with E-state index in [2.05, 4.69) is 11.4 Å². The van der Waals surface area contributed by atoms with Crippen molar-refractivity contribution in [3.63, 3.8) is 0 Å². The van der Waals surface area contributed by atoms with Gasteiger partial charge in [0.2, 0.25) is 0 Å². The van der Waals surface area contributed by atoms with Crippen LogP contribution in [0.15, 0.2) is 34.9 Å². The summed E-state index contributed by atoms with van der Waals surface area (Å²) in [5.41, 5.74) is 7.97. The van der Waals surface area contributed by atoms with E-state index in [0.717, 1.165) is 12.0 Å². The Morgan fingerprint density at radius 2 is 2.12 bits per heavy atom. The number of fused-ring (bicyclic) bond motifs is 1. The molecule has 0 aliphatic rings. The molecular formula is C13H18N2O. The third kappa shape index (κ3) is 2.10. The molecule has 0 bridgehead atoms. The van der Waals surface area contributed by atoms with Gasteiger partial charge in [-0.3, -0.25) is 0 Å². The molecule has 0 aliphatic carbocycles. The lowest BCUT2D eigenvalue weighted by atomic mass is 10.00. The van der Waals surface area contributed by atoms with E-state index < -0.39 is 0 Å². The van der Waals surface area contributed by atoms with Crippen LogP contribution in [0.25, 0.3) is 11.0 Å². The molecule has 0 amide bonds. The zero-order valence-electron chi connectivity index (χ0n) is 9.73. The number of nitrogens with two attached hydrogens (primary N) is 1. The third-order valence-corrected chi connectivity index (χ3v) is 2.84. The van der Waals surface area contributed by atoms with Gasteiger partial charge in [0.15, 0.2) is 0 Å². The molecule has 1 aromatic carbocycles. The average Bonchev–Trinajstić information content (AvgIpc) is 2.69. The smallest absolute Gasteiger partial charge is 0.134 e. The van der Waals surface area contributed by atoms with E-state index in [9.17, 15) is 0 Å². The first-order chi connectivity index (χ1) is 7.72. The van der Waals surface area contributed by atoms with Crippen LogP contribution in [0.3, 0.4) is 0 Å². The maximum atomic E-state index is 5.85. The lowest BCUT2D eigenvalue weighted by Crippen LogP contribution is -2.25. The number of nitrogens with one attached hydrogen (secondary N) is 1. The van der Waals surface area contributed by atoms with Crippen molar-refractivity contribution in [3.05, 3.63) is 36.1 Å². The average molecular weight is 218 g/mol. The molecule has 2 atom stereocenters. The summed E-state index contributed by atoms with van der Waals surface area (Å²) >= 11 is 0. The summed E-state index contributed by atoms with van der Waals surface area (Å²) in [6, 6.07) is 8.50. The van der Waals surface area contributed by atoms with Crippen LogP contribution < -0.4 is 11.1 Å². The SMILES string of the molecule is CNC(CC(C)N)c1coc2ccccc12. The molecule has 0 saturated heterocycles. The minimum Gasteiger partial charge on any atom is -0.464 e. The first kappa shape index (κ1) is 11.2. The van der Waals surface area contributed by atoms with Gasteiger partial charge in [0.1, 0.15) is 5.58 Å². The topological polar surface area (TPSA) is 51.2 Å². The standard InChI is InChI=1S/C13H18N2O/c1-9(14)7-12(15-2)11-8-16-13-6-4-3-5-10(11)13/h3-6,8-9,12,15H,7,14H2,1-2H3. The fraction of sp³-hybridized carbons (Fsp3) is 0.385. The molecule has 1 aromatic heterocycles. The molecule has 2 unspecified atom stereocenters. The van der Waals surface area contributed by atoms with E-state index in [0.29, 0.717) is 0 Å². The highest BCUT2D eigenvalue weighted by Gasteiger charge is 2.16. The second-order valence-electron chi connectivity index (χ2n) is 4.24. The Hall–Kier alpha value is -1.32. The molecule has 86 valence electrons. The summed E-state index contributed by atoms with van der Waals surface area (Å²) in [5.74, 6) is 0. The lowest BCUT2D eigenvalue weighted by Gasteiger charge is -2.17. The van der Waals surface area contributed by atoms with Gasteiger partial charge in [-0.25, -0.2) is 0 Å². The molecule has 0 aliphatic heterocycles. The molecule has 0 radical (unpaired) electrons. The number of para-hydroxylation sites is 1. The molecule has 2 aromatic rings. The molecule has 3 N–H and O–H groups in total. The van der Waals surface area contributed by atoms with E-state index in [4.69, 9.17) is 10.2 Å². The molecule has 1 heterocycles. The minimum atomic E-state index is 0.172. The van der Waals surface area contributed by atoms with E-state index in [1.54, 1.807) is 0 Å².